The number of benzene rings is 3. The number of rotatable bonds is 6. The van der Waals surface area contributed by atoms with E-state index in [1.165, 1.54) is 59.2 Å². The van der Waals surface area contributed by atoms with Gasteiger partial charge in [-0.3, -0.25) is 0 Å². The van der Waals surface area contributed by atoms with Gasteiger partial charge in [-0.25, -0.2) is 18.9 Å². The molecule has 222 valence electrons. The molecule has 0 spiro atoms. The van der Waals surface area contributed by atoms with Crippen LogP contribution in [0.4, 0.5) is 28.0 Å². The number of ether oxygens (including phenoxy) is 1. The van der Waals surface area contributed by atoms with Gasteiger partial charge in [-0.1, -0.05) is 53.7 Å². The molecule has 0 unspecified atom stereocenters. The summed E-state index contributed by atoms with van der Waals surface area (Å²) in [4.78, 5) is 23.0. The standard InChI is InChI=1S/C30H26F4N6O2S/c1-18-14-19(2)26(20(3)15-18)39-12-13-43-29(39)37-28(41)35-16-25(31)21-4-6-22(7-5-21)27-36-17-40(38-27)23-8-10-24(11-9-23)42-30(32,33)34/h4-11,14-17H,12-13H2,1-3H3,(H,35,41)/b25-16-,37-29-. The largest absolute Gasteiger partial charge is 0.573 e. The van der Waals surface area contributed by atoms with Crippen molar-refractivity contribution in [1.82, 2.24) is 20.1 Å². The van der Waals surface area contributed by atoms with Gasteiger partial charge in [0, 0.05) is 35.3 Å². The molecule has 8 nitrogen and oxygen atoms in total. The Morgan fingerprint density at radius 1 is 1.05 bits per heavy atom. The first kappa shape index (κ1) is 29.8. The zero-order chi connectivity index (χ0) is 30.7. The molecule has 43 heavy (non-hydrogen) atoms. The second-order valence-corrected chi connectivity index (χ2v) is 10.8. The van der Waals surface area contributed by atoms with Crippen LogP contribution in [-0.4, -0.2) is 44.6 Å². The van der Waals surface area contributed by atoms with E-state index < -0.39 is 18.2 Å². The number of aromatic nitrogens is 3. The smallest absolute Gasteiger partial charge is 0.406 e. The van der Waals surface area contributed by atoms with E-state index in [2.05, 4.69) is 37.3 Å². The fourth-order valence-electron chi connectivity index (χ4n) is 4.73. The van der Waals surface area contributed by atoms with Crippen molar-refractivity contribution in [2.45, 2.75) is 27.1 Å². The minimum Gasteiger partial charge on any atom is -0.406 e. The number of hydrogen-bond acceptors (Lipinski definition) is 5. The Labute approximate surface area is 249 Å². The molecule has 0 saturated carbocycles. The summed E-state index contributed by atoms with van der Waals surface area (Å²) in [7, 11) is 0. The number of nitrogens with zero attached hydrogens (tertiary/aromatic N) is 5. The summed E-state index contributed by atoms with van der Waals surface area (Å²) >= 11 is 1.47. The number of carbonyl (C=O) groups is 1. The molecule has 4 aromatic rings. The van der Waals surface area contributed by atoms with E-state index >= 15 is 0 Å². The monoisotopic (exact) mass is 610 g/mol. The summed E-state index contributed by atoms with van der Waals surface area (Å²) in [5, 5.41) is 7.30. The van der Waals surface area contributed by atoms with Crippen LogP contribution in [-0.2, 0) is 0 Å². The van der Waals surface area contributed by atoms with Crippen molar-refractivity contribution in [3.63, 3.8) is 0 Å². The molecular formula is C30H26F4N6O2S. The third kappa shape index (κ3) is 7.23. The lowest BCUT2D eigenvalue weighted by Gasteiger charge is -2.23. The van der Waals surface area contributed by atoms with Crippen LogP contribution in [0.5, 0.6) is 5.75 Å². The molecule has 0 radical (unpaired) electrons. The van der Waals surface area contributed by atoms with Crippen molar-refractivity contribution in [3.8, 4) is 22.8 Å². The van der Waals surface area contributed by atoms with Crippen LogP contribution in [0.2, 0.25) is 0 Å². The van der Waals surface area contributed by atoms with Crippen LogP contribution in [0.25, 0.3) is 22.9 Å². The third-order valence-corrected chi connectivity index (χ3v) is 7.40. The normalized spacial score (nSPS) is 14.8. The molecule has 0 atom stereocenters. The molecule has 1 fully saturated rings. The number of urea groups is 1. The van der Waals surface area contributed by atoms with E-state index in [0.29, 0.717) is 28.8 Å². The molecule has 1 aliphatic rings. The Morgan fingerprint density at radius 2 is 1.72 bits per heavy atom. The zero-order valence-corrected chi connectivity index (χ0v) is 24.1. The predicted molar refractivity (Wildman–Crippen MR) is 159 cm³/mol. The van der Waals surface area contributed by atoms with Crippen molar-refractivity contribution in [1.29, 1.82) is 0 Å². The minimum absolute atomic E-state index is 0.221. The third-order valence-electron chi connectivity index (χ3n) is 6.45. The Hall–Kier alpha value is -4.65. The van der Waals surface area contributed by atoms with Crippen molar-refractivity contribution < 1.29 is 27.1 Å². The Balaban J connectivity index is 1.23. The molecule has 5 rings (SSSR count). The number of halogens is 4. The van der Waals surface area contributed by atoms with E-state index in [1.807, 2.05) is 25.7 Å². The lowest BCUT2D eigenvalue weighted by molar-refractivity contribution is -0.274. The summed E-state index contributed by atoms with van der Waals surface area (Å²) in [5.74, 6) is 0.0954. The maximum Gasteiger partial charge on any atom is 0.573 e. The Kier molecular flexibility index (Phi) is 8.53. The van der Waals surface area contributed by atoms with E-state index in [4.69, 9.17) is 0 Å². The summed E-state index contributed by atoms with van der Waals surface area (Å²) < 4.78 is 57.3. The number of aryl methyl sites for hydroxylation is 3. The summed E-state index contributed by atoms with van der Waals surface area (Å²) in [6, 6.07) is 14.9. The SMILES string of the molecule is Cc1cc(C)c(N2CCS/C2=N\C(=O)N/C=C(\F)c2ccc(-c3ncn(-c4ccc(OC(F)(F)F)cc4)n3)cc2)c(C)c1. The molecule has 3 aromatic carbocycles. The average Bonchev–Trinajstić information content (AvgIpc) is 3.61. The minimum atomic E-state index is -4.78. The van der Waals surface area contributed by atoms with Crippen LogP contribution in [0, 0.1) is 20.8 Å². The zero-order valence-electron chi connectivity index (χ0n) is 23.3. The highest BCUT2D eigenvalue weighted by atomic mass is 32.2. The number of amidine groups is 1. The van der Waals surface area contributed by atoms with Crippen LogP contribution < -0.4 is 15.0 Å². The molecule has 2 amide bonds. The van der Waals surface area contributed by atoms with Gasteiger partial charge in [-0.15, -0.1) is 18.3 Å². The van der Waals surface area contributed by atoms with Gasteiger partial charge in [0.1, 0.15) is 17.9 Å². The summed E-state index contributed by atoms with van der Waals surface area (Å²) in [5.41, 5.74) is 5.66. The molecule has 1 N–H and O–H groups in total. The van der Waals surface area contributed by atoms with Gasteiger partial charge in [0.25, 0.3) is 0 Å². The van der Waals surface area contributed by atoms with Crippen LogP contribution in [0.1, 0.15) is 22.3 Å². The van der Waals surface area contributed by atoms with Crippen molar-refractivity contribution in [2.24, 2.45) is 4.99 Å². The molecule has 1 aliphatic heterocycles. The van der Waals surface area contributed by atoms with Crippen LogP contribution in [0.15, 0.2) is 78.2 Å². The number of alkyl halides is 3. The van der Waals surface area contributed by atoms with Crippen molar-refractivity contribution >= 4 is 34.5 Å². The number of hydrogen-bond donors (Lipinski definition) is 1. The highest BCUT2D eigenvalue weighted by molar-refractivity contribution is 8.14. The van der Waals surface area contributed by atoms with Crippen LogP contribution in [0.3, 0.4) is 0 Å². The van der Waals surface area contributed by atoms with Gasteiger partial charge >= 0.3 is 12.4 Å². The maximum atomic E-state index is 14.9. The second-order valence-electron chi connectivity index (χ2n) is 9.72. The Morgan fingerprint density at radius 3 is 2.37 bits per heavy atom. The van der Waals surface area contributed by atoms with Gasteiger partial charge in [-0.2, -0.15) is 4.99 Å². The topological polar surface area (TPSA) is 84.6 Å². The molecule has 0 aliphatic carbocycles. The van der Waals surface area contributed by atoms with Crippen molar-refractivity contribution in [2.75, 3.05) is 17.2 Å². The maximum absolute atomic E-state index is 14.9. The second kappa shape index (κ2) is 12.3. The Bertz CT molecular complexity index is 1680. The average molecular weight is 611 g/mol. The van der Waals surface area contributed by atoms with E-state index in [9.17, 15) is 22.4 Å². The van der Waals surface area contributed by atoms with Gasteiger partial charge < -0.3 is 15.0 Å². The van der Waals surface area contributed by atoms with Gasteiger partial charge in [0.2, 0.25) is 0 Å². The number of carbonyl (C=O) groups excluding carboxylic acids is 1. The molecule has 1 aromatic heterocycles. The quantitative estimate of drug-likeness (QED) is 0.230. The van der Waals surface area contributed by atoms with Gasteiger partial charge in [0.15, 0.2) is 11.0 Å². The first-order valence-corrected chi connectivity index (χ1v) is 14.1. The highest BCUT2D eigenvalue weighted by Crippen LogP contribution is 2.32. The number of amides is 2. The number of nitrogens with one attached hydrogen (secondary N) is 1. The van der Waals surface area contributed by atoms with Crippen molar-refractivity contribution in [3.05, 3.63) is 95.4 Å². The lowest BCUT2D eigenvalue weighted by atomic mass is 10.0. The number of anilines is 1. The fourth-order valence-corrected chi connectivity index (χ4v) is 5.67. The highest BCUT2D eigenvalue weighted by Gasteiger charge is 2.31. The fraction of sp³-hybridized carbons (Fsp3) is 0.200. The molecule has 2 heterocycles. The van der Waals surface area contributed by atoms with Crippen LogP contribution >= 0.6 is 11.8 Å². The van der Waals surface area contributed by atoms with E-state index in [0.717, 1.165) is 34.3 Å². The summed E-state index contributed by atoms with van der Waals surface area (Å²) in [6.07, 6.45) is -2.40. The molecule has 0 bridgehead atoms. The van der Waals surface area contributed by atoms with Gasteiger partial charge in [-0.05, 0) is 56.2 Å². The predicted octanol–water partition coefficient (Wildman–Crippen LogP) is 7.35. The van der Waals surface area contributed by atoms with Gasteiger partial charge in [0.05, 0.1) is 5.69 Å². The first-order valence-electron chi connectivity index (χ1n) is 13.1. The summed E-state index contributed by atoms with van der Waals surface area (Å²) in [6.45, 7) is 6.81. The number of aliphatic imine (C=N–C) groups is 1. The first-order chi connectivity index (χ1) is 20.5. The number of thioether (sulfide) groups is 1. The molecule has 13 heteroatoms. The van der Waals surface area contributed by atoms with E-state index in [-0.39, 0.29) is 11.3 Å². The lowest BCUT2D eigenvalue weighted by Crippen LogP contribution is -2.27. The van der Waals surface area contributed by atoms with E-state index in [1.54, 1.807) is 12.1 Å². The molecule has 1 saturated heterocycles. The molecular weight excluding hydrogens is 584 g/mol.